The van der Waals surface area contributed by atoms with Gasteiger partial charge in [-0.25, -0.2) is 4.98 Å². The lowest BCUT2D eigenvalue weighted by molar-refractivity contribution is -0.0582. The number of aromatic nitrogens is 1. The summed E-state index contributed by atoms with van der Waals surface area (Å²) in [6.07, 6.45) is 7.21. The minimum Gasteiger partial charge on any atom is -0.496 e. The summed E-state index contributed by atoms with van der Waals surface area (Å²) in [5, 5.41) is 12.4. The van der Waals surface area contributed by atoms with Gasteiger partial charge in [-0.15, -0.1) is 0 Å². The Hall–Kier alpha value is -3.01. The molecule has 1 aliphatic heterocycles. The SMILES string of the molecule is COc1cc2oc(C3(OCCCN4CCOCC4)C=CC=C(c4ccccc4)C3C)nc2cc1CNCCO. The number of morpholine rings is 1. The number of benzene rings is 2. The predicted octanol–water partition coefficient (Wildman–Crippen LogP) is 4.14. The number of aliphatic hydroxyl groups excluding tert-OH is 1. The van der Waals surface area contributed by atoms with Gasteiger partial charge in [0.05, 0.1) is 26.9 Å². The van der Waals surface area contributed by atoms with Crippen molar-refractivity contribution in [3.63, 3.8) is 0 Å². The van der Waals surface area contributed by atoms with Crippen LogP contribution in [0.15, 0.2) is 65.1 Å². The molecule has 2 N–H and O–H groups in total. The van der Waals surface area contributed by atoms with E-state index in [-0.39, 0.29) is 12.5 Å². The van der Waals surface area contributed by atoms with Crippen molar-refractivity contribution in [2.75, 3.05) is 59.7 Å². The van der Waals surface area contributed by atoms with Gasteiger partial charge in [0, 0.05) is 56.9 Å². The van der Waals surface area contributed by atoms with E-state index in [4.69, 9.17) is 28.7 Å². The third kappa shape index (κ3) is 6.10. The molecule has 2 heterocycles. The van der Waals surface area contributed by atoms with Crippen LogP contribution in [0.3, 0.4) is 0 Å². The Bertz CT molecular complexity index is 1280. The number of methoxy groups -OCH3 is 1. The summed E-state index contributed by atoms with van der Waals surface area (Å²) in [6, 6.07) is 14.3. The summed E-state index contributed by atoms with van der Waals surface area (Å²) in [7, 11) is 1.65. The molecule has 1 aliphatic carbocycles. The number of nitrogens with zero attached hydrogens (tertiary/aromatic N) is 2. The van der Waals surface area contributed by atoms with Crippen LogP contribution >= 0.6 is 0 Å². The van der Waals surface area contributed by atoms with Gasteiger partial charge in [0.1, 0.15) is 11.3 Å². The van der Waals surface area contributed by atoms with Crippen LogP contribution in [0.25, 0.3) is 16.7 Å². The van der Waals surface area contributed by atoms with Crippen molar-refractivity contribution >= 4 is 16.7 Å². The monoisotopic (exact) mass is 533 g/mol. The third-order valence-corrected chi connectivity index (χ3v) is 7.63. The molecule has 208 valence electrons. The zero-order valence-corrected chi connectivity index (χ0v) is 22.9. The minimum absolute atomic E-state index is 0.0334. The van der Waals surface area contributed by atoms with Gasteiger partial charge in [0.25, 0.3) is 0 Å². The molecule has 1 fully saturated rings. The molecule has 0 spiro atoms. The van der Waals surface area contributed by atoms with Crippen molar-refractivity contribution < 1.29 is 23.7 Å². The number of nitrogens with one attached hydrogen (secondary N) is 1. The summed E-state index contributed by atoms with van der Waals surface area (Å²) in [5.41, 5.74) is 3.84. The highest BCUT2D eigenvalue weighted by molar-refractivity contribution is 5.77. The molecule has 8 heteroatoms. The van der Waals surface area contributed by atoms with Crippen LogP contribution in [0.5, 0.6) is 5.75 Å². The molecular weight excluding hydrogens is 494 g/mol. The van der Waals surface area contributed by atoms with Crippen LogP contribution in [0, 0.1) is 5.92 Å². The van der Waals surface area contributed by atoms with Gasteiger partial charge in [0.2, 0.25) is 5.89 Å². The molecule has 0 radical (unpaired) electrons. The van der Waals surface area contributed by atoms with E-state index in [0.29, 0.717) is 36.9 Å². The van der Waals surface area contributed by atoms with Crippen molar-refractivity contribution in [3.05, 3.63) is 77.7 Å². The van der Waals surface area contributed by atoms with Gasteiger partial charge in [-0.2, -0.15) is 0 Å². The topological polar surface area (TPSA) is 89.2 Å². The molecule has 2 aromatic carbocycles. The fourth-order valence-electron chi connectivity index (χ4n) is 5.43. The van der Waals surface area contributed by atoms with Gasteiger partial charge in [-0.3, -0.25) is 4.90 Å². The lowest BCUT2D eigenvalue weighted by Gasteiger charge is -2.37. The van der Waals surface area contributed by atoms with E-state index < -0.39 is 5.60 Å². The summed E-state index contributed by atoms with van der Waals surface area (Å²) in [5.74, 6) is 1.22. The second-order valence-electron chi connectivity index (χ2n) is 10.1. The Labute approximate surface area is 230 Å². The molecule has 0 amide bonds. The minimum atomic E-state index is -0.855. The second kappa shape index (κ2) is 12.9. The van der Waals surface area contributed by atoms with Gasteiger partial charge in [-0.05, 0) is 29.7 Å². The zero-order chi connectivity index (χ0) is 27.1. The molecule has 2 aliphatic rings. The van der Waals surface area contributed by atoms with E-state index >= 15 is 0 Å². The molecule has 2 unspecified atom stereocenters. The first-order chi connectivity index (χ1) is 19.1. The Balaban J connectivity index is 1.45. The number of oxazole rings is 1. The lowest BCUT2D eigenvalue weighted by atomic mass is 9.76. The summed E-state index contributed by atoms with van der Waals surface area (Å²) >= 11 is 0. The molecule has 8 nitrogen and oxygen atoms in total. The van der Waals surface area contributed by atoms with Crippen LogP contribution in [-0.2, 0) is 21.6 Å². The molecule has 2 atom stereocenters. The molecule has 1 aromatic heterocycles. The number of hydrogen-bond acceptors (Lipinski definition) is 8. The van der Waals surface area contributed by atoms with Gasteiger partial charge < -0.3 is 29.1 Å². The highest BCUT2D eigenvalue weighted by Gasteiger charge is 2.45. The first kappa shape index (κ1) is 27.6. The highest BCUT2D eigenvalue weighted by Crippen LogP contribution is 2.46. The summed E-state index contributed by atoms with van der Waals surface area (Å²) < 4.78 is 24.4. The van der Waals surface area contributed by atoms with Gasteiger partial charge in [0.15, 0.2) is 11.2 Å². The standard InChI is InChI=1S/C31H39N3O5/c1-23-26(24-8-4-3-5-9-24)10-6-11-31(23,38-17-7-13-34-14-18-37-19-15-34)30-33-27-20-25(22-32-12-16-35)28(36-2)21-29(27)39-30/h3-6,8-11,20-21,23,32,35H,7,12-19,22H2,1-2H3. The van der Waals surface area contributed by atoms with E-state index in [2.05, 4.69) is 59.6 Å². The number of fused-ring (bicyclic) bond motifs is 1. The number of allylic oxidation sites excluding steroid dienone is 2. The maximum atomic E-state index is 9.16. The van der Waals surface area contributed by atoms with Crippen molar-refractivity contribution in [2.24, 2.45) is 5.92 Å². The predicted molar refractivity (Wildman–Crippen MR) is 152 cm³/mol. The number of rotatable bonds is 12. The molecular formula is C31H39N3O5. The normalized spacial score (nSPS) is 21.8. The Morgan fingerprint density at radius 3 is 2.77 bits per heavy atom. The molecule has 3 aromatic rings. The van der Waals surface area contributed by atoms with Crippen molar-refractivity contribution in [1.82, 2.24) is 15.2 Å². The molecule has 5 rings (SSSR count). The summed E-state index contributed by atoms with van der Waals surface area (Å²) in [4.78, 5) is 7.41. The largest absolute Gasteiger partial charge is 0.496 e. The van der Waals surface area contributed by atoms with E-state index in [1.807, 2.05) is 18.2 Å². The second-order valence-corrected chi connectivity index (χ2v) is 10.1. The fourth-order valence-corrected chi connectivity index (χ4v) is 5.43. The first-order valence-electron chi connectivity index (χ1n) is 13.8. The molecule has 39 heavy (non-hydrogen) atoms. The van der Waals surface area contributed by atoms with Crippen LogP contribution < -0.4 is 10.1 Å². The maximum Gasteiger partial charge on any atom is 0.232 e. The number of hydrogen-bond donors (Lipinski definition) is 2. The van der Waals surface area contributed by atoms with E-state index in [1.54, 1.807) is 7.11 Å². The maximum absolute atomic E-state index is 9.16. The van der Waals surface area contributed by atoms with Gasteiger partial charge in [-0.1, -0.05) is 49.4 Å². The fraction of sp³-hybridized carbons (Fsp3) is 0.452. The summed E-state index contributed by atoms with van der Waals surface area (Å²) in [6.45, 7) is 8.37. The van der Waals surface area contributed by atoms with E-state index in [9.17, 15) is 0 Å². The molecule has 1 saturated heterocycles. The zero-order valence-electron chi connectivity index (χ0n) is 22.9. The van der Waals surface area contributed by atoms with Crippen LogP contribution in [0.4, 0.5) is 0 Å². The van der Waals surface area contributed by atoms with Crippen LogP contribution in [0.2, 0.25) is 0 Å². The molecule has 0 bridgehead atoms. The highest BCUT2D eigenvalue weighted by atomic mass is 16.5. The van der Waals surface area contributed by atoms with Gasteiger partial charge >= 0.3 is 0 Å². The number of ether oxygens (including phenoxy) is 3. The quantitative estimate of drug-likeness (QED) is 0.336. The lowest BCUT2D eigenvalue weighted by Crippen LogP contribution is -2.39. The van der Waals surface area contributed by atoms with E-state index in [0.717, 1.165) is 55.9 Å². The van der Waals surface area contributed by atoms with E-state index in [1.165, 1.54) is 5.57 Å². The Morgan fingerprint density at radius 1 is 1.18 bits per heavy atom. The Kier molecular flexibility index (Phi) is 9.11. The van der Waals surface area contributed by atoms with Crippen molar-refractivity contribution in [1.29, 1.82) is 0 Å². The molecule has 0 saturated carbocycles. The smallest absolute Gasteiger partial charge is 0.232 e. The van der Waals surface area contributed by atoms with Crippen molar-refractivity contribution in [2.45, 2.75) is 25.5 Å². The van der Waals surface area contributed by atoms with Crippen LogP contribution in [0.1, 0.15) is 30.4 Å². The average molecular weight is 534 g/mol. The average Bonchev–Trinajstić information content (AvgIpc) is 3.40. The van der Waals surface area contributed by atoms with Crippen LogP contribution in [-0.4, -0.2) is 74.7 Å². The van der Waals surface area contributed by atoms with Crippen molar-refractivity contribution in [3.8, 4) is 5.75 Å². The number of aliphatic hydroxyl groups is 1. The first-order valence-corrected chi connectivity index (χ1v) is 13.8. The Morgan fingerprint density at radius 2 is 2.00 bits per heavy atom. The third-order valence-electron chi connectivity index (χ3n) is 7.63.